The van der Waals surface area contributed by atoms with Crippen LogP contribution in [0, 0.1) is 6.92 Å². The van der Waals surface area contributed by atoms with Crippen molar-refractivity contribution in [2.75, 3.05) is 11.1 Å². The largest absolute Gasteiger partial charge is 0.508 e. The second-order valence-corrected chi connectivity index (χ2v) is 6.56. The summed E-state index contributed by atoms with van der Waals surface area (Å²) in [6, 6.07) is 9.97. The molecule has 0 bridgehead atoms. The molecule has 8 nitrogen and oxygen atoms in total. The van der Waals surface area contributed by atoms with Crippen molar-refractivity contribution in [3.8, 4) is 11.7 Å². The van der Waals surface area contributed by atoms with Gasteiger partial charge in [0.2, 0.25) is 17.8 Å². The van der Waals surface area contributed by atoms with E-state index in [4.69, 9.17) is 28.9 Å². The number of aromatic nitrogens is 5. The number of aryl methyl sites for hydroxylation is 1. The Morgan fingerprint density at radius 2 is 1.81 bits per heavy atom. The number of rotatable bonds is 3. The molecule has 27 heavy (non-hydrogen) atoms. The minimum absolute atomic E-state index is 0.0858. The van der Waals surface area contributed by atoms with Gasteiger partial charge in [-0.3, -0.25) is 0 Å². The lowest BCUT2D eigenvalue weighted by molar-refractivity contribution is 0.475. The maximum Gasteiger partial charge on any atom is 0.242 e. The number of fused-ring (bicyclic) bond motifs is 1. The van der Waals surface area contributed by atoms with Gasteiger partial charge in [-0.1, -0.05) is 29.3 Å². The third-order valence-corrected chi connectivity index (χ3v) is 4.47. The van der Waals surface area contributed by atoms with E-state index in [1.807, 2.05) is 0 Å². The van der Waals surface area contributed by atoms with Crippen LogP contribution in [-0.4, -0.2) is 29.6 Å². The van der Waals surface area contributed by atoms with E-state index in [2.05, 4.69) is 25.3 Å². The molecule has 2 heterocycles. The van der Waals surface area contributed by atoms with Crippen LogP contribution >= 0.6 is 23.2 Å². The first kappa shape index (κ1) is 17.3. The first-order valence-electron chi connectivity index (χ1n) is 7.83. The minimum Gasteiger partial charge on any atom is -0.508 e. The molecule has 4 aromatic rings. The number of hydrogen-bond donors (Lipinski definition) is 3. The number of nitrogens with zero attached hydrogens (tertiary/aromatic N) is 5. The molecule has 4 N–H and O–H groups in total. The molecule has 0 aliphatic heterocycles. The number of nitrogen functional groups attached to an aromatic ring is 1. The molecule has 0 unspecified atom stereocenters. The molecule has 2 aromatic heterocycles. The SMILES string of the molecule is Cc1nc(N)nc(-n2c(Nc3cccc(O)c3)nc3cc(Cl)c(Cl)cc32)n1. The zero-order valence-electron chi connectivity index (χ0n) is 14.0. The van der Waals surface area contributed by atoms with Crippen LogP contribution in [0.1, 0.15) is 5.82 Å². The number of nitrogens with two attached hydrogens (primary N) is 1. The van der Waals surface area contributed by atoms with Crippen LogP contribution in [-0.2, 0) is 0 Å². The molecule has 0 radical (unpaired) electrons. The first-order valence-corrected chi connectivity index (χ1v) is 8.58. The van der Waals surface area contributed by atoms with Gasteiger partial charge < -0.3 is 16.2 Å². The van der Waals surface area contributed by atoms with Crippen molar-refractivity contribution >= 4 is 51.8 Å². The molecule has 0 saturated heterocycles. The third kappa shape index (κ3) is 3.32. The van der Waals surface area contributed by atoms with Crippen molar-refractivity contribution in [2.24, 2.45) is 0 Å². The van der Waals surface area contributed by atoms with Crippen molar-refractivity contribution in [3.05, 3.63) is 52.3 Å². The lowest BCUT2D eigenvalue weighted by atomic mass is 10.3. The highest BCUT2D eigenvalue weighted by atomic mass is 35.5. The van der Waals surface area contributed by atoms with Gasteiger partial charge in [0.05, 0.1) is 21.1 Å². The second-order valence-electron chi connectivity index (χ2n) is 5.74. The Balaban J connectivity index is 1.96. The van der Waals surface area contributed by atoms with Gasteiger partial charge in [0.15, 0.2) is 0 Å². The van der Waals surface area contributed by atoms with Gasteiger partial charge in [0.25, 0.3) is 0 Å². The predicted molar refractivity (Wildman–Crippen MR) is 105 cm³/mol. The molecule has 0 fully saturated rings. The van der Waals surface area contributed by atoms with Gasteiger partial charge in [-0.05, 0) is 31.2 Å². The number of anilines is 3. The molecular weight excluding hydrogens is 389 g/mol. The molecule has 0 amide bonds. The Morgan fingerprint density at radius 3 is 2.56 bits per heavy atom. The first-order chi connectivity index (χ1) is 12.9. The van der Waals surface area contributed by atoms with Gasteiger partial charge in [0, 0.05) is 11.8 Å². The fourth-order valence-electron chi connectivity index (χ4n) is 2.66. The predicted octanol–water partition coefficient (Wildman–Crippen LogP) is 3.86. The van der Waals surface area contributed by atoms with Crippen molar-refractivity contribution in [1.82, 2.24) is 24.5 Å². The van der Waals surface area contributed by atoms with Crippen LogP contribution in [0.3, 0.4) is 0 Å². The third-order valence-electron chi connectivity index (χ3n) is 3.75. The highest BCUT2D eigenvalue weighted by molar-refractivity contribution is 6.42. The van der Waals surface area contributed by atoms with Crippen LogP contribution in [0.4, 0.5) is 17.6 Å². The number of phenolic OH excluding ortho intramolecular Hbond substituents is 1. The van der Waals surface area contributed by atoms with Crippen LogP contribution in [0.25, 0.3) is 17.0 Å². The summed E-state index contributed by atoms with van der Waals surface area (Å²) in [6.45, 7) is 1.72. The molecule has 0 aliphatic carbocycles. The van der Waals surface area contributed by atoms with E-state index in [0.29, 0.717) is 38.5 Å². The maximum atomic E-state index is 9.71. The van der Waals surface area contributed by atoms with Crippen LogP contribution in [0.2, 0.25) is 10.0 Å². The van der Waals surface area contributed by atoms with Crippen molar-refractivity contribution in [3.63, 3.8) is 0 Å². The normalized spacial score (nSPS) is 11.1. The number of benzene rings is 2. The quantitative estimate of drug-likeness (QED) is 0.477. The Morgan fingerprint density at radius 1 is 1.04 bits per heavy atom. The van der Waals surface area contributed by atoms with E-state index in [1.165, 1.54) is 0 Å². The lowest BCUT2D eigenvalue weighted by Gasteiger charge is -2.10. The van der Waals surface area contributed by atoms with E-state index < -0.39 is 0 Å². The number of aromatic hydroxyl groups is 1. The molecule has 2 aromatic carbocycles. The van der Waals surface area contributed by atoms with Crippen molar-refractivity contribution in [1.29, 1.82) is 0 Å². The summed E-state index contributed by atoms with van der Waals surface area (Å²) in [4.78, 5) is 17.1. The Hall–Kier alpha value is -3.10. The Labute approximate surface area is 163 Å². The molecule has 4 rings (SSSR count). The minimum atomic E-state index is 0.0858. The van der Waals surface area contributed by atoms with Crippen molar-refractivity contribution in [2.45, 2.75) is 6.92 Å². The summed E-state index contributed by atoms with van der Waals surface area (Å²) in [7, 11) is 0. The Kier molecular flexibility index (Phi) is 4.21. The van der Waals surface area contributed by atoms with Crippen LogP contribution in [0.15, 0.2) is 36.4 Å². The lowest BCUT2D eigenvalue weighted by Crippen LogP contribution is -2.10. The molecular formula is C17H13Cl2N7O. The number of hydrogen-bond acceptors (Lipinski definition) is 7. The highest BCUT2D eigenvalue weighted by Crippen LogP contribution is 2.32. The van der Waals surface area contributed by atoms with E-state index in [9.17, 15) is 5.11 Å². The standard InChI is InChI=1S/C17H13Cl2N7O/c1-8-21-15(20)25-16(22-8)26-14-7-12(19)11(18)6-13(14)24-17(26)23-9-3-2-4-10(27)5-9/h2-7,27H,1H3,(H,23,24)(H2,20,21,22,25). The summed E-state index contributed by atoms with van der Waals surface area (Å²) in [5.41, 5.74) is 7.64. The zero-order valence-corrected chi connectivity index (χ0v) is 15.5. The zero-order chi connectivity index (χ0) is 19.1. The fraction of sp³-hybridized carbons (Fsp3) is 0.0588. The van der Waals surface area contributed by atoms with E-state index in [1.54, 1.807) is 47.9 Å². The average molecular weight is 402 g/mol. The van der Waals surface area contributed by atoms with Gasteiger partial charge in [-0.15, -0.1) is 0 Å². The second kappa shape index (κ2) is 6.57. The smallest absolute Gasteiger partial charge is 0.242 e. The summed E-state index contributed by atoms with van der Waals surface area (Å²) in [5, 5.41) is 13.6. The fourth-order valence-corrected chi connectivity index (χ4v) is 2.98. The van der Waals surface area contributed by atoms with E-state index >= 15 is 0 Å². The van der Waals surface area contributed by atoms with Gasteiger partial charge in [-0.25, -0.2) is 9.55 Å². The van der Waals surface area contributed by atoms with Gasteiger partial charge in [0.1, 0.15) is 11.6 Å². The summed E-state index contributed by atoms with van der Waals surface area (Å²) in [5.74, 6) is 1.35. The summed E-state index contributed by atoms with van der Waals surface area (Å²) >= 11 is 12.3. The van der Waals surface area contributed by atoms with Crippen LogP contribution < -0.4 is 11.1 Å². The highest BCUT2D eigenvalue weighted by Gasteiger charge is 2.18. The number of phenols is 1. The molecule has 0 spiro atoms. The topological polar surface area (TPSA) is 115 Å². The van der Waals surface area contributed by atoms with E-state index in [-0.39, 0.29) is 17.6 Å². The van der Waals surface area contributed by atoms with E-state index in [0.717, 1.165) is 0 Å². The molecule has 136 valence electrons. The van der Waals surface area contributed by atoms with Gasteiger partial charge in [-0.2, -0.15) is 15.0 Å². The van der Waals surface area contributed by atoms with Gasteiger partial charge >= 0.3 is 0 Å². The molecule has 0 saturated carbocycles. The molecule has 10 heteroatoms. The summed E-state index contributed by atoms with van der Waals surface area (Å²) in [6.07, 6.45) is 0. The number of imidazole rings is 1. The number of nitrogens with one attached hydrogen (secondary N) is 1. The molecule has 0 aliphatic rings. The van der Waals surface area contributed by atoms with Crippen molar-refractivity contribution < 1.29 is 5.11 Å². The number of halogens is 2. The average Bonchev–Trinajstić information content (AvgIpc) is 2.91. The maximum absolute atomic E-state index is 9.71. The molecule has 0 atom stereocenters. The Bertz CT molecular complexity index is 1160. The summed E-state index contributed by atoms with van der Waals surface area (Å²) < 4.78 is 1.66. The monoisotopic (exact) mass is 401 g/mol. The van der Waals surface area contributed by atoms with Crippen LogP contribution in [0.5, 0.6) is 5.75 Å².